The van der Waals surface area contributed by atoms with E-state index in [1.165, 1.54) is 16.8 Å². The smallest absolute Gasteiger partial charge is 0.155 e. The number of pyridine rings is 1. The largest absolute Gasteiger partial charge is 0.455 e. The number of benzene rings is 1. The van der Waals surface area contributed by atoms with Gasteiger partial charge in [0.25, 0.3) is 0 Å². The Kier molecular flexibility index (Phi) is 3.90. The van der Waals surface area contributed by atoms with Crippen molar-refractivity contribution in [2.75, 3.05) is 5.32 Å². The molecule has 5 heterocycles. The monoisotopic (exact) mass is 415 g/mol. The van der Waals surface area contributed by atoms with Crippen LogP contribution in [0, 0.1) is 6.92 Å². The van der Waals surface area contributed by atoms with Gasteiger partial charge < -0.3 is 15.4 Å². The second kappa shape index (κ2) is 6.75. The topological polar surface area (TPSA) is 89.3 Å². The van der Waals surface area contributed by atoms with Crippen molar-refractivity contribution >= 4 is 38.7 Å². The summed E-state index contributed by atoms with van der Waals surface area (Å²) in [6, 6.07) is 9.78. The van der Waals surface area contributed by atoms with Crippen LogP contribution in [0.25, 0.3) is 15.9 Å². The van der Waals surface area contributed by atoms with Gasteiger partial charge >= 0.3 is 0 Å². The number of aromatic nitrogens is 5. The van der Waals surface area contributed by atoms with Crippen molar-refractivity contribution in [3.05, 3.63) is 65.2 Å². The zero-order valence-corrected chi connectivity index (χ0v) is 16.9. The number of hydrogen-bond donors (Lipinski definition) is 2. The first-order chi connectivity index (χ1) is 14.7. The highest BCUT2D eigenvalue weighted by Crippen LogP contribution is 2.37. The van der Waals surface area contributed by atoms with Gasteiger partial charge in [0.1, 0.15) is 34.8 Å². The molecule has 0 atom stereocenters. The fourth-order valence-corrected chi connectivity index (χ4v) is 4.85. The number of ether oxygens (including phenoxy) is 1. The van der Waals surface area contributed by atoms with E-state index >= 15 is 0 Å². The molecule has 0 spiro atoms. The molecule has 4 aromatic heterocycles. The molecule has 0 amide bonds. The molecule has 6 rings (SSSR count). The van der Waals surface area contributed by atoms with Crippen LogP contribution in [-0.4, -0.2) is 24.6 Å². The number of nitrogens with one attached hydrogen (secondary N) is 2. The number of anilines is 2. The van der Waals surface area contributed by atoms with Crippen LogP contribution in [0.5, 0.6) is 11.5 Å². The molecule has 2 N–H and O–H groups in total. The number of rotatable bonds is 4. The Morgan fingerprint density at radius 2 is 2.07 bits per heavy atom. The lowest BCUT2D eigenvalue weighted by Crippen LogP contribution is -2.02. The number of thiophene rings is 1. The Balaban J connectivity index is 1.29. The third kappa shape index (κ3) is 2.87. The zero-order chi connectivity index (χ0) is 20.1. The molecule has 1 aliphatic heterocycles. The summed E-state index contributed by atoms with van der Waals surface area (Å²) < 4.78 is 7.75. The van der Waals surface area contributed by atoms with Gasteiger partial charge in [-0.25, -0.2) is 19.5 Å². The van der Waals surface area contributed by atoms with E-state index in [-0.39, 0.29) is 0 Å². The van der Waals surface area contributed by atoms with Gasteiger partial charge in [0.15, 0.2) is 5.65 Å². The molecule has 1 aliphatic rings. The maximum absolute atomic E-state index is 6.06. The van der Waals surface area contributed by atoms with Crippen LogP contribution in [0.2, 0.25) is 0 Å². The molecule has 0 bridgehead atoms. The second-order valence-electron chi connectivity index (χ2n) is 7.14. The standard InChI is InChI=1S/C21H17N7OS/c1-12-6-13(2-4-16(12)29-14-3-5-18-23-11-26-28(18)9-14)27-20-19-15-7-22-8-17(15)30-21(19)25-10-24-20/h2-6,9-11,22H,7-8H2,1H3,(H,24,25,27). The molecule has 1 aromatic carbocycles. The first-order valence-electron chi connectivity index (χ1n) is 9.55. The fraction of sp³-hybridized carbons (Fsp3) is 0.143. The van der Waals surface area contributed by atoms with E-state index in [1.54, 1.807) is 22.2 Å². The second-order valence-corrected chi connectivity index (χ2v) is 8.23. The highest BCUT2D eigenvalue weighted by Gasteiger charge is 2.21. The minimum Gasteiger partial charge on any atom is -0.455 e. The lowest BCUT2D eigenvalue weighted by atomic mass is 10.1. The molecule has 0 aliphatic carbocycles. The lowest BCUT2D eigenvalue weighted by Gasteiger charge is -2.12. The Hall–Kier alpha value is -3.56. The van der Waals surface area contributed by atoms with Gasteiger partial charge in [-0.15, -0.1) is 11.3 Å². The van der Waals surface area contributed by atoms with Crippen molar-refractivity contribution in [1.82, 2.24) is 29.9 Å². The van der Waals surface area contributed by atoms with Crippen molar-refractivity contribution in [1.29, 1.82) is 0 Å². The molecule has 9 heteroatoms. The van der Waals surface area contributed by atoms with Gasteiger partial charge in [0, 0.05) is 23.7 Å². The minimum atomic E-state index is 0.704. The van der Waals surface area contributed by atoms with Gasteiger partial charge in [-0.2, -0.15) is 5.10 Å². The molecule has 30 heavy (non-hydrogen) atoms. The van der Waals surface area contributed by atoms with Crippen molar-refractivity contribution in [3.8, 4) is 11.5 Å². The molecular formula is C21H17N7OS. The molecule has 148 valence electrons. The number of nitrogens with zero attached hydrogens (tertiary/aromatic N) is 5. The number of aryl methyl sites for hydroxylation is 1. The normalized spacial score (nSPS) is 13.1. The summed E-state index contributed by atoms with van der Waals surface area (Å²) in [5.74, 6) is 2.33. The molecular weight excluding hydrogens is 398 g/mol. The Labute approximate surface area is 175 Å². The summed E-state index contributed by atoms with van der Waals surface area (Å²) in [5, 5.41) is 12.1. The maximum atomic E-state index is 6.06. The van der Waals surface area contributed by atoms with E-state index in [0.29, 0.717) is 5.75 Å². The Morgan fingerprint density at radius 3 is 3.00 bits per heavy atom. The Bertz CT molecular complexity index is 1410. The van der Waals surface area contributed by atoms with Crippen LogP contribution in [0.15, 0.2) is 49.2 Å². The molecule has 0 fully saturated rings. The van der Waals surface area contributed by atoms with Crippen LogP contribution in [0.1, 0.15) is 16.0 Å². The molecule has 0 saturated heterocycles. The summed E-state index contributed by atoms with van der Waals surface area (Å²) in [7, 11) is 0. The quantitative estimate of drug-likeness (QED) is 0.455. The van der Waals surface area contributed by atoms with Gasteiger partial charge in [-0.3, -0.25) is 0 Å². The number of hydrogen-bond acceptors (Lipinski definition) is 8. The van der Waals surface area contributed by atoms with E-state index < -0.39 is 0 Å². The molecule has 0 radical (unpaired) electrons. The zero-order valence-electron chi connectivity index (χ0n) is 16.1. The fourth-order valence-electron chi connectivity index (χ4n) is 3.73. The van der Waals surface area contributed by atoms with Gasteiger partial charge in [-0.05, 0) is 48.4 Å². The summed E-state index contributed by atoms with van der Waals surface area (Å²) >= 11 is 1.73. The number of fused-ring (bicyclic) bond motifs is 4. The first kappa shape index (κ1) is 17.3. The summed E-state index contributed by atoms with van der Waals surface area (Å²) in [4.78, 5) is 15.5. The average molecular weight is 415 g/mol. The molecule has 8 nitrogen and oxygen atoms in total. The third-order valence-electron chi connectivity index (χ3n) is 5.17. The minimum absolute atomic E-state index is 0.704. The van der Waals surface area contributed by atoms with Gasteiger partial charge in [0.2, 0.25) is 0 Å². The average Bonchev–Trinajstić information content (AvgIpc) is 3.45. The summed E-state index contributed by atoms with van der Waals surface area (Å²) in [5.41, 5.74) is 4.06. The van der Waals surface area contributed by atoms with Crippen LogP contribution >= 0.6 is 11.3 Å². The van der Waals surface area contributed by atoms with Gasteiger partial charge in [0.05, 0.1) is 11.6 Å². The predicted molar refractivity (Wildman–Crippen MR) is 115 cm³/mol. The molecule has 0 unspecified atom stereocenters. The highest BCUT2D eigenvalue weighted by atomic mass is 32.1. The summed E-state index contributed by atoms with van der Waals surface area (Å²) in [6.07, 6.45) is 4.96. The SMILES string of the molecule is Cc1cc(Nc2ncnc3sc4c(c23)CNC4)ccc1Oc1ccc2ncnn2c1. The van der Waals surface area contributed by atoms with E-state index in [4.69, 9.17) is 4.74 Å². The maximum Gasteiger partial charge on any atom is 0.155 e. The lowest BCUT2D eigenvalue weighted by molar-refractivity contribution is 0.475. The van der Waals surface area contributed by atoms with Crippen LogP contribution in [-0.2, 0) is 13.1 Å². The Morgan fingerprint density at radius 1 is 1.10 bits per heavy atom. The van der Waals surface area contributed by atoms with Crippen LogP contribution < -0.4 is 15.4 Å². The van der Waals surface area contributed by atoms with Crippen molar-refractivity contribution < 1.29 is 4.74 Å². The predicted octanol–water partition coefficient (Wildman–Crippen LogP) is 4.18. The van der Waals surface area contributed by atoms with Crippen molar-refractivity contribution in [2.45, 2.75) is 20.0 Å². The van der Waals surface area contributed by atoms with Gasteiger partial charge in [-0.1, -0.05) is 0 Å². The van der Waals surface area contributed by atoms with E-state index in [2.05, 4.69) is 36.8 Å². The van der Waals surface area contributed by atoms with Crippen LogP contribution in [0.3, 0.4) is 0 Å². The van der Waals surface area contributed by atoms with Crippen molar-refractivity contribution in [3.63, 3.8) is 0 Å². The van der Waals surface area contributed by atoms with E-state index in [9.17, 15) is 0 Å². The van der Waals surface area contributed by atoms with Crippen LogP contribution in [0.4, 0.5) is 11.5 Å². The van der Waals surface area contributed by atoms with E-state index in [1.807, 2.05) is 37.4 Å². The highest BCUT2D eigenvalue weighted by molar-refractivity contribution is 7.19. The first-order valence-corrected chi connectivity index (χ1v) is 10.4. The van der Waals surface area contributed by atoms with E-state index in [0.717, 1.165) is 51.8 Å². The third-order valence-corrected chi connectivity index (χ3v) is 6.31. The molecule has 5 aromatic rings. The molecule has 0 saturated carbocycles. The van der Waals surface area contributed by atoms with Crippen molar-refractivity contribution in [2.24, 2.45) is 0 Å². The summed E-state index contributed by atoms with van der Waals surface area (Å²) in [6.45, 7) is 3.79.